The monoisotopic (exact) mass is 259 g/mol. The van der Waals surface area contributed by atoms with Gasteiger partial charge in [0.05, 0.1) is 6.54 Å². The highest BCUT2D eigenvalue weighted by atomic mass is 15.3. The fourth-order valence-electron chi connectivity index (χ4n) is 1.89. The largest absolute Gasteiger partial charge is 0.381 e. The number of aromatic nitrogens is 3. The van der Waals surface area contributed by atoms with Crippen molar-refractivity contribution < 1.29 is 0 Å². The Morgan fingerprint density at radius 2 is 2.26 bits per heavy atom. The van der Waals surface area contributed by atoms with Crippen LogP contribution in [0.1, 0.15) is 20.3 Å². The van der Waals surface area contributed by atoms with E-state index in [9.17, 15) is 0 Å². The predicted octanol–water partition coefficient (Wildman–Crippen LogP) is 2.60. The Balaban J connectivity index is 1.90. The Kier molecular flexibility index (Phi) is 4.78. The number of pyridine rings is 1. The zero-order valence-electron chi connectivity index (χ0n) is 11.5. The Hall–Kier alpha value is -2.04. The van der Waals surface area contributed by atoms with E-state index in [0.717, 1.165) is 31.0 Å². The van der Waals surface area contributed by atoms with Gasteiger partial charge in [-0.2, -0.15) is 5.10 Å². The molecule has 0 spiro atoms. The first kappa shape index (κ1) is 13.4. The van der Waals surface area contributed by atoms with Crippen LogP contribution in [0.4, 0.5) is 11.5 Å². The average molecular weight is 259 g/mol. The minimum atomic E-state index is 0.307. The van der Waals surface area contributed by atoms with E-state index < -0.39 is 0 Å². The third-order valence-electron chi connectivity index (χ3n) is 2.75. The number of nitrogens with one attached hydrogen (secondary N) is 2. The van der Waals surface area contributed by atoms with Crippen LogP contribution < -0.4 is 10.6 Å². The maximum Gasteiger partial charge on any atom is 0.127 e. The topological polar surface area (TPSA) is 54.8 Å². The van der Waals surface area contributed by atoms with E-state index in [0.29, 0.717) is 6.04 Å². The van der Waals surface area contributed by atoms with Gasteiger partial charge in [0.25, 0.3) is 0 Å². The van der Waals surface area contributed by atoms with E-state index in [1.807, 2.05) is 35.3 Å². The van der Waals surface area contributed by atoms with E-state index >= 15 is 0 Å². The summed E-state index contributed by atoms with van der Waals surface area (Å²) in [5.41, 5.74) is 1.08. The van der Waals surface area contributed by atoms with Crippen molar-refractivity contribution in [3.8, 4) is 0 Å². The van der Waals surface area contributed by atoms with Crippen LogP contribution in [0.3, 0.4) is 0 Å². The van der Waals surface area contributed by atoms with Crippen molar-refractivity contribution >= 4 is 11.5 Å². The summed E-state index contributed by atoms with van der Waals surface area (Å²) in [5, 5.41) is 10.9. The molecule has 102 valence electrons. The summed E-state index contributed by atoms with van der Waals surface area (Å²) in [6, 6.07) is 6.26. The number of nitrogens with zero attached hydrogens (tertiary/aromatic N) is 3. The summed E-state index contributed by atoms with van der Waals surface area (Å²) in [5.74, 6) is 0.915. The predicted molar refractivity (Wildman–Crippen MR) is 78.3 cm³/mol. The third-order valence-corrected chi connectivity index (χ3v) is 2.75. The van der Waals surface area contributed by atoms with Crippen LogP contribution >= 0.6 is 0 Å². The van der Waals surface area contributed by atoms with Crippen LogP contribution in [0.5, 0.6) is 0 Å². The molecule has 0 saturated heterocycles. The first-order chi connectivity index (χ1) is 9.28. The molecule has 2 N–H and O–H groups in total. The normalized spacial score (nSPS) is 12.1. The van der Waals surface area contributed by atoms with Crippen LogP contribution in [0.15, 0.2) is 36.8 Å². The van der Waals surface area contributed by atoms with Crippen molar-refractivity contribution in [2.24, 2.45) is 0 Å². The van der Waals surface area contributed by atoms with Gasteiger partial charge in [-0.25, -0.2) is 4.98 Å². The van der Waals surface area contributed by atoms with E-state index in [1.165, 1.54) is 0 Å². The Bertz CT molecular complexity index is 480. The van der Waals surface area contributed by atoms with Crippen molar-refractivity contribution in [1.82, 2.24) is 14.8 Å². The molecule has 0 amide bonds. The van der Waals surface area contributed by atoms with Gasteiger partial charge in [0.1, 0.15) is 5.82 Å². The molecule has 19 heavy (non-hydrogen) atoms. The first-order valence-electron chi connectivity index (χ1n) is 6.72. The molecular weight excluding hydrogens is 238 g/mol. The number of rotatable bonds is 7. The SMILES string of the molecule is CCCNc1cc(NC(C)Cn2cccn2)ccn1. The lowest BCUT2D eigenvalue weighted by Crippen LogP contribution is -2.22. The molecule has 5 nitrogen and oxygen atoms in total. The van der Waals surface area contributed by atoms with Gasteiger partial charge in [0.15, 0.2) is 0 Å². The third kappa shape index (κ3) is 4.28. The van der Waals surface area contributed by atoms with Gasteiger partial charge in [-0.15, -0.1) is 0 Å². The van der Waals surface area contributed by atoms with Crippen LogP contribution in [-0.4, -0.2) is 27.4 Å². The molecule has 0 bridgehead atoms. The summed E-state index contributed by atoms with van der Waals surface area (Å²) in [7, 11) is 0. The smallest absolute Gasteiger partial charge is 0.127 e. The molecule has 0 aliphatic heterocycles. The summed E-state index contributed by atoms with van der Waals surface area (Å²) in [6.45, 7) is 6.06. The lowest BCUT2D eigenvalue weighted by atomic mass is 10.3. The highest BCUT2D eigenvalue weighted by Crippen LogP contribution is 2.13. The van der Waals surface area contributed by atoms with Crippen molar-refractivity contribution in [2.75, 3.05) is 17.2 Å². The zero-order chi connectivity index (χ0) is 13.5. The van der Waals surface area contributed by atoms with Gasteiger partial charge in [-0.1, -0.05) is 6.92 Å². The highest BCUT2D eigenvalue weighted by Gasteiger charge is 2.04. The van der Waals surface area contributed by atoms with Gasteiger partial charge < -0.3 is 10.6 Å². The second-order valence-electron chi connectivity index (χ2n) is 4.63. The summed E-state index contributed by atoms with van der Waals surface area (Å²) in [4.78, 5) is 4.29. The van der Waals surface area contributed by atoms with Crippen LogP contribution in [0.2, 0.25) is 0 Å². The maximum absolute atomic E-state index is 4.29. The summed E-state index contributed by atoms with van der Waals surface area (Å²) in [6.07, 6.45) is 6.68. The molecule has 5 heteroatoms. The molecule has 0 aliphatic rings. The number of anilines is 2. The Morgan fingerprint density at radius 1 is 1.37 bits per heavy atom. The summed E-state index contributed by atoms with van der Waals surface area (Å²) >= 11 is 0. The molecule has 2 heterocycles. The lowest BCUT2D eigenvalue weighted by molar-refractivity contribution is 0.561. The number of hydrogen-bond acceptors (Lipinski definition) is 4. The van der Waals surface area contributed by atoms with Crippen molar-refractivity contribution in [1.29, 1.82) is 0 Å². The fraction of sp³-hybridized carbons (Fsp3) is 0.429. The molecule has 1 atom stereocenters. The van der Waals surface area contributed by atoms with E-state index in [-0.39, 0.29) is 0 Å². The minimum Gasteiger partial charge on any atom is -0.381 e. The molecule has 2 rings (SSSR count). The quantitative estimate of drug-likeness (QED) is 0.802. The Morgan fingerprint density at radius 3 is 3.00 bits per heavy atom. The zero-order valence-corrected chi connectivity index (χ0v) is 11.5. The van der Waals surface area contributed by atoms with Crippen molar-refractivity contribution in [2.45, 2.75) is 32.9 Å². The van der Waals surface area contributed by atoms with Gasteiger partial charge >= 0.3 is 0 Å². The first-order valence-corrected chi connectivity index (χ1v) is 6.72. The molecule has 0 radical (unpaired) electrons. The van der Waals surface area contributed by atoms with E-state index in [1.54, 1.807) is 6.20 Å². The summed E-state index contributed by atoms with van der Waals surface area (Å²) < 4.78 is 1.93. The van der Waals surface area contributed by atoms with Crippen molar-refractivity contribution in [3.05, 3.63) is 36.8 Å². The fourth-order valence-corrected chi connectivity index (χ4v) is 1.89. The maximum atomic E-state index is 4.29. The van der Waals surface area contributed by atoms with Crippen LogP contribution in [0.25, 0.3) is 0 Å². The number of hydrogen-bond donors (Lipinski definition) is 2. The standard InChI is InChI=1S/C14H21N5/c1-3-6-15-14-10-13(5-8-16-14)18-12(2)11-19-9-4-7-17-19/h4-5,7-10,12H,3,6,11H2,1-2H3,(H2,15,16,18). The molecule has 2 aromatic heterocycles. The molecule has 0 fully saturated rings. The molecule has 0 aliphatic carbocycles. The average Bonchev–Trinajstić information content (AvgIpc) is 2.89. The molecule has 0 aromatic carbocycles. The Labute approximate surface area is 114 Å². The van der Waals surface area contributed by atoms with Crippen LogP contribution in [0, 0.1) is 0 Å². The second-order valence-corrected chi connectivity index (χ2v) is 4.63. The lowest BCUT2D eigenvalue weighted by Gasteiger charge is -2.16. The van der Waals surface area contributed by atoms with Crippen LogP contribution in [-0.2, 0) is 6.54 Å². The van der Waals surface area contributed by atoms with Gasteiger partial charge in [-0.3, -0.25) is 4.68 Å². The van der Waals surface area contributed by atoms with E-state index in [4.69, 9.17) is 0 Å². The van der Waals surface area contributed by atoms with E-state index in [2.05, 4.69) is 34.6 Å². The molecule has 0 saturated carbocycles. The second kappa shape index (κ2) is 6.78. The molecular formula is C14H21N5. The van der Waals surface area contributed by atoms with Gasteiger partial charge in [0.2, 0.25) is 0 Å². The molecule has 1 unspecified atom stereocenters. The minimum absolute atomic E-state index is 0.307. The van der Waals surface area contributed by atoms with Gasteiger partial charge in [0, 0.05) is 42.9 Å². The highest BCUT2D eigenvalue weighted by molar-refractivity contribution is 5.52. The van der Waals surface area contributed by atoms with Gasteiger partial charge in [-0.05, 0) is 25.5 Å². The van der Waals surface area contributed by atoms with Crippen molar-refractivity contribution in [3.63, 3.8) is 0 Å². The molecule has 2 aromatic rings.